The van der Waals surface area contributed by atoms with Crippen LogP contribution in [0.5, 0.6) is 0 Å². The Morgan fingerprint density at radius 3 is 3.12 bits per heavy atom. The summed E-state index contributed by atoms with van der Waals surface area (Å²) in [4.78, 5) is 13.0. The number of nitrogens with one attached hydrogen (secondary N) is 2. The van der Waals surface area contributed by atoms with Crippen molar-refractivity contribution in [3.05, 3.63) is 30.6 Å². The first-order chi connectivity index (χ1) is 11.3. The van der Waals surface area contributed by atoms with E-state index in [4.69, 9.17) is 0 Å². The van der Waals surface area contributed by atoms with Crippen molar-refractivity contribution in [2.45, 2.75) is 25.7 Å². The van der Waals surface area contributed by atoms with Gasteiger partial charge in [0.15, 0.2) is 0 Å². The van der Waals surface area contributed by atoms with Gasteiger partial charge in [-0.05, 0) is 53.9 Å². The molecule has 0 spiro atoms. The number of nitrogens with zero attached hydrogens (tertiary/aromatic N) is 4. The average Bonchev–Trinajstić information content (AvgIpc) is 3.25. The van der Waals surface area contributed by atoms with Gasteiger partial charge >= 0.3 is 0 Å². The van der Waals surface area contributed by atoms with Gasteiger partial charge in [0.05, 0.1) is 11.1 Å². The number of benzene rings is 1. The first kappa shape index (κ1) is 16.9. The fourth-order valence-corrected chi connectivity index (χ4v) is 3.95. The summed E-state index contributed by atoms with van der Waals surface area (Å²) in [6, 6.07) is 7.61. The first-order valence-corrected chi connectivity index (χ1v) is 8.13. The van der Waals surface area contributed by atoms with E-state index in [0.29, 0.717) is 5.92 Å². The number of hydrogen-bond donors (Lipinski definition) is 2. The van der Waals surface area contributed by atoms with Crippen molar-refractivity contribution in [1.82, 2.24) is 25.5 Å². The van der Waals surface area contributed by atoms with Crippen molar-refractivity contribution < 1.29 is 4.79 Å². The molecule has 1 saturated carbocycles. The van der Waals surface area contributed by atoms with E-state index in [2.05, 4.69) is 26.2 Å². The zero-order valence-electron chi connectivity index (χ0n) is 13.3. The third-order valence-electron chi connectivity index (χ3n) is 5.21. The molecule has 1 aliphatic heterocycles. The second-order valence-electron chi connectivity index (χ2n) is 6.49. The molecule has 1 aromatic carbocycles. The molecule has 2 aliphatic rings. The second-order valence-corrected chi connectivity index (χ2v) is 6.49. The Bertz CT molecular complexity index is 706. The van der Waals surface area contributed by atoms with E-state index in [-0.39, 0.29) is 23.7 Å². The molecule has 0 radical (unpaired) electrons. The Kier molecular flexibility index (Phi) is 4.82. The molecule has 24 heavy (non-hydrogen) atoms. The first-order valence-electron chi connectivity index (χ1n) is 8.13. The predicted octanol–water partition coefficient (Wildman–Crippen LogP) is 1.80. The van der Waals surface area contributed by atoms with Crippen molar-refractivity contribution in [2.75, 3.05) is 18.4 Å². The van der Waals surface area contributed by atoms with E-state index in [0.717, 1.165) is 43.7 Å². The SMILES string of the molecule is Cl.O=C(Nc1cccc(-n2cnnn2)c1)[C@@]12CCCC[C@H]1CNC2. The normalized spacial score (nSPS) is 25.6. The van der Waals surface area contributed by atoms with Crippen LogP contribution in [-0.2, 0) is 4.79 Å². The number of hydrogen-bond acceptors (Lipinski definition) is 5. The Balaban J connectivity index is 0.00000169. The molecule has 1 amide bonds. The van der Waals surface area contributed by atoms with Crippen LogP contribution in [0.25, 0.3) is 5.69 Å². The van der Waals surface area contributed by atoms with Gasteiger partial charge in [-0.15, -0.1) is 17.5 Å². The lowest BCUT2D eigenvalue weighted by atomic mass is 9.67. The van der Waals surface area contributed by atoms with Crippen molar-refractivity contribution in [3.63, 3.8) is 0 Å². The highest BCUT2D eigenvalue weighted by Gasteiger charge is 2.49. The van der Waals surface area contributed by atoms with Crippen LogP contribution < -0.4 is 10.6 Å². The maximum Gasteiger partial charge on any atom is 0.232 e. The van der Waals surface area contributed by atoms with Crippen LogP contribution in [-0.4, -0.2) is 39.2 Å². The molecule has 0 bridgehead atoms. The summed E-state index contributed by atoms with van der Waals surface area (Å²) in [5, 5.41) is 17.7. The van der Waals surface area contributed by atoms with Crippen LogP contribution in [0.4, 0.5) is 5.69 Å². The minimum absolute atomic E-state index is 0. The van der Waals surface area contributed by atoms with Gasteiger partial charge < -0.3 is 10.6 Å². The largest absolute Gasteiger partial charge is 0.325 e. The van der Waals surface area contributed by atoms with Crippen LogP contribution in [0, 0.1) is 11.3 Å². The standard InChI is InChI=1S/C16H20N6O.ClH/c23-15(16-7-2-1-4-12(16)9-17-10-16)19-13-5-3-6-14(8-13)22-11-18-20-21-22;/h3,5-6,8,11-12,17H,1-2,4,7,9-10H2,(H,19,23);1H/t12-,16+;/m0./s1. The van der Waals surface area contributed by atoms with Crippen molar-refractivity contribution >= 4 is 24.0 Å². The van der Waals surface area contributed by atoms with E-state index < -0.39 is 0 Å². The molecule has 2 atom stereocenters. The van der Waals surface area contributed by atoms with E-state index in [1.807, 2.05) is 24.3 Å². The Morgan fingerprint density at radius 2 is 2.29 bits per heavy atom. The summed E-state index contributed by atoms with van der Waals surface area (Å²) in [5.74, 6) is 0.597. The summed E-state index contributed by atoms with van der Waals surface area (Å²) >= 11 is 0. The molecule has 1 saturated heterocycles. The number of rotatable bonds is 3. The number of amides is 1. The molecular formula is C16H21ClN6O. The summed E-state index contributed by atoms with van der Waals surface area (Å²) < 4.78 is 1.58. The Labute approximate surface area is 146 Å². The van der Waals surface area contributed by atoms with Crippen LogP contribution in [0.2, 0.25) is 0 Å². The average molecular weight is 349 g/mol. The number of carbonyl (C=O) groups is 1. The number of tetrazole rings is 1. The molecule has 2 N–H and O–H groups in total. The van der Waals surface area contributed by atoms with E-state index in [1.54, 1.807) is 4.68 Å². The van der Waals surface area contributed by atoms with Crippen LogP contribution in [0.3, 0.4) is 0 Å². The fraction of sp³-hybridized carbons (Fsp3) is 0.500. The monoisotopic (exact) mass is 348 g/mol. The molecule has 8 heteroatoms. The van der Waals surface area contributed by atoms with Crippen LogP contribution in [0.15, 0.2) is 30.6 Å². The van der Waals surface area contributed by atoms with E-state index >= 15 is 0 Å². The number of anilines is 1. The van der Waals surface area contributed by atoms with Gasteiger partial charge in [0.1, 0.15) is 6.33 Å². The van der Waals surface area contributed by atoms with Gasteiger partial charge in [-0.25, -0.2) is 4.68 Å². The molecular weight excluding hydrogens is 328 g/mol. The quantitative estimate of drug-likeness (QED) is 0.883. The lowest BCUT2D eigenvalue weighted by molar-refractivity contribution is -0.128. The summed E-state index contributed by atoms with van der Waals surface area (Å²) in [7, 11) is 0. The van der Waals surface area contributed by atoms with Crippen LogP contribution in [0.1, 0.15) is 25.7 Å². The zero-order chi connectivity index (χ0) is 15.7. The molecule has 0 unspecified atom stereocenters. The number of aromatic nitrogens is 4. The van der Waals surface area contributed by atoms with Crippen LogP contribution >= 0.6 is 12.4 Å². The van der Waals surface area contributed by atoms with Crippen molar-refractivity contribution in [1.29, 1.82) is 0 Å². The highest BCUT2D eigenvalue weighted by molar-refractivity contribution is 5.96. The smallest absolute Gasteiger partial charge is 0.232 e. The molecule has 2 heterocycles. The molecule has 7 nitrogen and oxygen atoms in total. The maximum atomic E-state index is 13.0. The van der Waals surface area contributed by atoms with E-state index in [1.165, 1.54) is 12.7 Å². The molecule has 4 rings (SSSR count). The highest BCUT2D eigenvalue weighted by atomic mass is 35.5. The second kappa shape index (κ2) is 6.86. The molecule has 2 fully saturated rings. The number of fused-ring (bicyclic) bond motifs is 1. The molecule has 128 valence electrons. The fourth-order valence-electron chi connectivity index (χ4n) is 3.95. The lowest BCUT2D eigenvalue weighted by Gasteiger charge is -2.37. The number of halogens is 1. The summed E-state index contributed by atoms with van der Waals surface area (Å²) in [5.41, 5.74) is 1.37. The van der Waals surface area contributed by atoms with Gasteiger partial charge in [-0.3, -0.25) is 4.79 Å². The zero-order valence-corrected chi connectivity index (χ0v) is 14.1. The topological polar surface area (TPSA) is 84.7 Å². The third kappa shape index (κ3) is 2.89. The van der Waals surface area contributed by atoms with Crippen molar-refractivity contribution in [2.24, 2.45) is 11.3 Å². The van der Waals surface area contributed by atoms with Gasteiger partial charge in [-0.2, -0.15) is 0 Å². The summed E-state index contributed by atoms with van der Waals surface area (Å²) in [6.07, 6.45) is 6.03. The highest BCUT2D eigenvalue weighted by Crippen LogP contribution is 2.44. The van der Waals surface area contributed by atoms with Crippen molar-refractivity contribution in [3.8, 4) is 5.69 Å². The Morgan fingerprint density at radius 1 is 1.38 bits per heavy atom. The minimum atomic E-state index is -0.247. The molecule has 2 aromatic rings. The maximum absolute atomic E-state index is 13.0. The number of carbonyl (C=O) groups excluding carboxylic acids is 1. The molecule has 1 aliphatic carbocycles. The summed E-state index contributed by atoms with van der Waals surface area (Å²) in [6.45, 7) is 1.74. The lowest BCUT2D eigenvalue weighted by Crippen LogP contribution is -2.44. The van der Waals surface area contributed by atoms with Gasteiger partial charge in [0, 0.05) is 12.2 Å². The predicted molar refractivity (Wildman–Crippen MR) is 92.3 cm³/mol. The van der Waals surface area contributed by atoms with Gasteiger partial charge in [-0.1, -0.05) is 18.9 Å². The minimum Gasteiger partial charge on any atom is -0.325 e. The third-order valence-corrected chi connectivity index (χ3v) is 5.21. The van der Waals surface area contributed by atoms with E-state index in [9.17, 15) is 4.79 Å². The van der Waals surface area contributed by atoms with Gasteiger partial charge in [0.25, 0.3) is 0 Å². The van der Waals surface area contributed by atoms with Gasteiger partial charge in [0.2, 0.25) is 5.91 Å². The Hall–Kier alpha value is -1.99. The molecule has 1 aromatic heterocycles.